The van der Waals surface area contributed by atoms with E-state index in [2.05, 4.69) is 10.1 Å². The normalized spacial score (nSPS) is 17.2. The molecule has 5 nitrogen and oxygen atoms in total. The SMILES string of the molecule is NCc1ccc(-c2nc(C3CCCCC3)no2)o1. The van der Waals surface area contributed by atoms with Gasteiger partial charge in [-0.15, -0.1) is 0 Å². The minimum Gasteiger partial charge on any atom is -0.455 e. The van der Waals surface area contributed by atoms with Crippen LogP contribution in [0.1, 0.15) is 49.6 Å². The Morgan fingerprint density at radius 2 is 2.06 bits per heavy atom. The second kappa shape index (κ2) is 4.94. The molecule has 1 aliphatic rings. The number of nitrogens with two attached hydrogens (primary N) is 1. The summed E-state index contributed by atoms with van der Waals surface area (Å²) >= 11 is 0. The van der Waals surface area contributed by atoms with Gasteiger partial charge in [-0.3, -0.25) is 0 Å². The van der Waals surface area contributed by atoms with Crippen LogP contribution in [0.25, 0.3) is 11.7 Å². The summed E-state index contributed by atoms with van der Waals surface area (Å²) in [6, 6.07) is 3.65. The molecule has 2 N–H and O–H groups in total. The van der Waals surface area contributed by atoms with Crippen molar-refractivity contribution in [2.24, 2.45) is 5.73 Å². The number of hydrogen-bond acceptors (Lipinski definition) is 5. The smallest absolute Gasteiger partial charge is 0.293 e. The van der Waals surface area contributed by atoms with E-state index < -0.39 is 0 Å². The lowest BCUT2D eigenvalue weighted by Gasteiger charge is -2.17. The molecule has 2 aromatic rings. The Kier molecular flexibility index (Phi) is 3.15. The van der Waals surface area contributed by atoms with Gasteiger partial charge in [-0.1, -0.05) is 24.4 Å². The van der Waals surface area contributed by atoms with E-state index in [1.807, 2.05) is 12.1 Å². The van der Waals surface area contributed by atoms with Gasteiger partial charge in [0.1, 0.15) is 5.76 Å². The highest BCUT2D eigenvalue weighted by atomic mass is 16.5. The van der Waals surface area contributed by atoms with Crippen LogP contribution in [0.2, 0.25) is 0 Å². The van der Waals surface area contributed by atoms with Gasteiger partial charge in [-0.25, -0.2) is 0 Å². The van der Waals surface area contributed by atoms with Crippen LogP contribution < -0.4 is 5.73 Å². The van der Waals surface area contributed by atoms with Crippen molar-refractivity contribution in [3.63, 3.8) is 0 Å². The zero-order chi connectivity index (χ0) is 12.4. The van der Waals surface area contributed by atoms with Gasteiger partial charge >= 0.3 is 0 Å². The van der Waals surface area contributed by atoms with E-state index in [4.69, 9.17) is 14.7 Å². The van der Waals surface area contributed by atoms with Crippen molar-refractivity contribution in [3.8, 4) is 11.7 Å². The largest absolute Gasteiger partial charge is 0.455 e. The predicted molar refractivity (Wildman–Crippen MR) is 65.7 cm³/mol. The lowest BCUT2D eigenvalue weighted by Crippen LogP contribution is -2.05. The summed E-state index contributed by atoms with van der Waals surface area (Å²) in [6.45, 7) is 0.379. The third-order valence-corrected chi connectivity index (χ3v) is 3.49. The Morgan fingerprint density at radius 3 is 2.78 bits per heavy atom. The van der Waals surface area contributed by atoms with Crippen LogP contribution in [0.5, 0.6) is 0 Å². The van der Waals surface area contributed by atoms with Crippen molar-refractivity contribution in [3.05, 3.63) is 23.7 Å². The minimum atomic E-state index is 0.379. The molecule has 0 radical (unpaired) electrons. The molecule has 0 aromatic carbocycles. The monoisotopic (exact) mass is 247 g/mol. The summed E-state index contributed by atoms with van der Waals surface area (Å²) in [5.74, 6) is 3.04. The fourth-order valence-electron chi connectivity index (χ4n) is 2.46. The highest BCUT2D eigenvalue weighted by Crippen LogP contribution is 2.32. The van der Waals surface area contributed by atoms with Crippen LogP contribution in [-0.4, -0.2) is 10.1 Å². The van der Waals surface area contributed by atoms with E-state index in [0.717, 1.165) is 24.4 Å². The van der Waals surface area contributed by atoms with E-state index in [-0.39, 0.29) is 0 Å². The Balaban J connectivity index is 1.79. The summed E-state index contributed by atoms with van der Waals surface area (Å²) < 4.78 is 10.8. The predicted octanol–water partition coefficient (Wildman–Crippen LogP) is 2.84. The maximum Gasteiger partial charge on any atom is 0.293 e. The molecule has 1 aliphatic carbocycles. The average Bonchev–Trinajstić information content (AvgIpc) is 3.08. The van der Waals surface area contributed by atoms with Gasteiger partial charge in [-0.05, 0) is 25.0 Å². The summed E-state index contributed by atoms with van der Waals surface area (Å²) in [6.07, 6.45) is 6.15. The summed E-state index contributed by atoms with van der Waals surface area (Å²) in [7, 11) is 0. The number of aromatic nitrogens is 2. The highest BCUT2D eigenvalue weighted by molar-refractivity contribution is 5.44. The fraction of sp³-hybridized carbons (Fsp3) is 0.538. The zero-order valence-corrected chi connectivity index (χ0v) is 10.3. The van der Waals surface area contributed by atoms with E-state index in [0.29, 0.717) is 24.1 Å². The van der Waals surface area contributed by atoms with Crippen molar-refractivity contribution in [1.82, 2.24) is 10.1 Å². The maximum atomic E-state index is 5.50. The molecule has 1 saturated carbocycles. The summed E-state index contributed by atoms with van der Waals surface area (Å²) in [5, 5.41) is 4.07. The molecule has 0 spiro atoms. The summed E-state index contributed by atoms with van der Waals surface area (Å²) in [4.78, 5) is 4.44. The fourth-order valence-corrected chi connectivity index (χ4v) is 2.46. The quantitative estimate of drug-likeness (QED) is 0.902. The second-order valence-electron chi connectivity index (χ2n) is 4.76. The molecule has 0 bridgehead atoms. The number of hydrogen-bond donors (Lipinski definition) is 1. The maximum absolute atomic E-state index is 5.50. The Bertz CT molecular complexity index is 512. The molecule has 0 saturated heterocycles. The molecule has 0 amide bonds. The molecule has 96 valence electrons. The minimum absolute atomic E-state index is 0.379. The number of furan rings is 1. The van der Waals surface area contributed by atoms with Gasteiger partial charge in [0, 0.05) is 5.92 Å². The van der Waals surface area contributed by atoms with Crippen molar-refractivity contribution in [1.29, 1.82) is 0 Å². The molecular formula is C13H17N3O2. The molecular weight excluding hydrogens is 230 g/mol. The van der Waals surface area contributed by atoms with Crippen LogP contribution >= 0.6 is 0 Å². The Labute approximate surface area is 105 Å². The summed E-state index contributed by atoms with van der Waals surface area (Å²) in [5.41, 5.74) is 5.50. The third-order valence-electron chi connectivity index (χ3n) is 3.49. The number of rotatable bonds is 3. The van der Waals surface area contributed by atoms with Crippen molar-refractivity contribution < 1.29 is 8.94 Å². The van der Waals surface area contributed by atoms with Crippen LogP contribution in [0, 0.1) is 0 Å². The van der Waals surface area contributed by atoms with Gasteiger partial charge in [0.15, 0.2) is 11.6 Å². The van der Waals surface area contributed by atoms with Crippen LogP contribution in [0.3, 0.4) is 0 Å². The lowest BCUT2D eigenvalue weighted by molar-refractivity contribution is 0.379. The van der Waals surface area contributed by atoms with Crippen molar-refractivity contribution in [2.45, 2.75) is 44.6 Å². The first-order valence-corrected chi connectivity index (χ1v) is 6.49. The lowest BCUT2D eigenvalue weighted by atomic mass is 9.89. The van der Waals surface area contributed by atoms with Crippen LogP contribution in [-0.2, 0) is 6.54 Å². The topological polar surface area (TPSA) is 78.1 Å². The third kappa shape index (κ3) is 2.18. The first-order chi connectivity index (χ1) is 8.86. The molecule has 18 heavy (non-hydrogen) atoms. The number of nitrogens with zero attached hydrogens (tertiary/aromatic N) is 2. The molecule has 2 aromatic heterocycles. The van der Waals surface area contributed by atoms with Gasteiger partial charge in [0.25, 0.3) is 5.89 Å². The van der Waals surface area contributed by atoms with E-state index in [1.165, 1.54) is 19.3 Å². The molecule has 3 rings (SSSR count). The zero-order valence-electron chi connectivity index (χ0n) is 10.3. The molecule has 0 unspecified atom stereocenters. The van der Waals surface area contributed by atoms with Crippen molar-refractivity contribution >= 4 is 0 Å². The highest BCUT2D eigenvalue weighted by Gasteiger charge is 2.22. The Hall–Kier alpha value is -1.62. The first kappa shape index (κ1) is 11.5. The molecule has 1 fully saturated rings. The standard InChI is InChI=1S/C13H17N3O2/c14-8-10-6-7-11(17-10)13-15-12(16-18-13)9-4-2-1-3-5-9/h6-7,9H,1-5,8,14H2. The van der Waals surface area contributed by atoms with Gasteiger partial charge < -0.3 is 14.7 Å². The molecule has 2 heterocycles. The molecule has 5 heteroatoms. The second-order valence-corrected chi connectivity index (χ2v) is 4.76. The van der Waals surface area contributed by atoms with E-state index >= 15 is 0 Å². The van der Waals surface area contributed by atoms with E-state index in [1.54, 1.807) is 0 Å². The van der Waals surface area contributed by atoms with Gasteiger partial charge in [0.2, 0.25) is 0 Å². The molecule has 0 atom stereocenters. The molecule has 0 aliphatic heterocycles. The van der Waals surface area contributed by atoms with Crippen LogP contribution in [0.4, 0.5) is 0 Å². The van der Waals surface area contributed by atoms with Crippen LogP contribution in [0.15, 0.2) is 21.1 Å². The Morgan fingerprint density at radius 1 is 1.22 bits per heavy atom. The first-order valence-electron chi connectivity index (χ1n) is 6.49. The van der Waals surface area contributed by atoms with Crippen molar-refractivity contribution in [2.75, 3.05) is 0 Å². The van der Waals surface area contributed by atoms with Gasteiger partial charge in [0.05, 0.1) is 6.54 Å². The van der Waals surface area contributed by atoms with Gasteiger partial charge in [-0.2, -0.15) is 4.98 Å². The average molecular weight is 247 g/mol. The van der Waals surface area contributed by atoms with E-state index in [9.17, 15) is 0 Å².